The molecule has 0 bridgehead atoms. The molecule has 1 radical (unpaired) electrons. The molecule has 5 unspecified atom stereocenters. The number of aliphatic hydroxyl groups excluding tert-OH is 2. The molecule has 0 aromatic rings. The number of ketones is 1. The van der Waals surface area contributed by atoms with E-state index in [2.05, 4.69) is 13.8 Å². The molecular formula is C19H28AcO3. The summed E-state index contributed by atoms with van der Waals surface area (Å²) in [5.74, 6) is 1.13. The summed E-state index contributed by atoms with van der Waals surface area (Å²) >= 11 is 0. The number of fused-ring (bicyclic) bond motifs is 5. The zero-order valence-corrected chi connectivity index (χ0v) is 19.0. The first-order valence-electron chi connectivity index (χ1n) is 8.97. The largest absolute Gasteiger partial charge is 0.393 e. The third kappa shape index (κ3) is 2.57. The van der Waals surface area contributed by atoms with Gasteiger partial charge in [-0.15, -0.1) is 0 Å². The molecule has 0 aromatic heterocycles. The predicted molar refractivity (Wildman–Crippen MR) is 84.1 cm³/mol. The van der Waals surface area contributed by atoms with Crippen molar-refractivity contribution < 1.29 is 59.1 Å². The zero-order chi connectivity index (χ0) is 15.7. The fourth-order valence-corrected chi connectivity index (χ4v) is 6.36. The Balaban J connectivity index is 0.00000156. The molecule has 4 heteroatoms. The maximum atomic E-state index is 12.9. The molecule has 3 fully saturated rings. The summed E-state index contributed by atoms with van der Waals surface area (Å²) in [5, 5.41) is 20.4. The third-order valence-corrected chi connectivity index (χ3v) is 7.87. The van der Waals surface area contributed by atoms with Gasteiger partial charge in [-0.1, -0.05) is 19.4 Å². The normalized spacial score (nSPS) is 51.9. The van der Waals surface area contributed by atoms with Crippen LogP contribution in [0.15, 0.2) is 11.6 Å². The quantitative estimate of drug-likeness (QED) is 0.506. The van der Waals surface area contributed by atoms with Crippen molar-refractivity contribution in [3.8, 4) is 0 Å². The second-order valence-electron chi connectivity index (χ2n) is 8.76. The summed E-state index contributed by atoms with van der Waals surface area (Å²) in [5.41, 5.74) is 1.22. The molecule has 3 saturated carbocycles. The van der Waals surface area contributed by atoms with E-state index >= 15 is 0 Å². The number of aliphatic hydroxyl groups is 2. The molecule has 7 atom stereocenters. The number of carbonyl (C=O) groups excluding carboxylic acids is 1. The number of rotatable bonds is 0. The Labute approximate surface area is 174 Å². The summed E-state index contributed by atoms with van der Waals surface area (Å²) in [7, 11) is 0. The van der Waals surface area contributed by atoms with Gasteiger partial charge in [-0.2, -0.15) is 0 Å². The van der Waals surface area contributed by atoms with E-state index in [4.69, 9.17) is 0 Å². The second-order valence-corrected chi connectivity index (χ2v) is 8.76. The van der Waals surface area contributed by atoms with Crippen molar-refractivity contribution in [3.05, 3.63) is 11.6 Å². The monoisotopic (exact) mass is 531 g/mol. The minimum atomic E-state index is -0.272. The van der Waals surface area contributed by atoms with E-state index in [1.807, 2.05) is 6.08 Å². The molecule has 0 saturated heterocycles. The summed E-state index contributed by atoms with van der Waals surface area (Å²) in [6.45, 7) is 4.52. The van der Waals surface area contributed by atoms with E-state index in [9.17, 15) is 15.0 Å². The molecule has 2 N–H and O–H groups in total. The Bertz CT molecular complexity index is 545. The maximum absolute atomic E-state index is 12.9. The molecule has 0 aromatic carbocycles. The van der Waals surface area contributed by atoms with E-state index in [-0.39, 0.29) is 78.8 Å². The summed E-state index contributed by atoms with van der Waals surface area (Å²) in [6, 6.07) is 0. The fourth-order valence-electron chi connectivity index (χ4n) is 6.36. The maximum Gasteiger partial charge on any atom is 0.159 e. The van der Waals surface area contributed by atoms with Crippen molar-refractivity contribution in [3.63, 3.8) is 0 Å². The summed E-state index contributed by atoms with van der Waals surface area (Å²) in [6.07, 6.45) is 7.83. The van der Waals surface area contributed by atoms with E-state index in [1.165, 1.54) is 5.57 Å². The standard InChI is InChI=1S/C19H28O3.Ac/c1-18-7-5-12(20)9-11(18)10-15(21)17-13-3-4-16(22)19(13,2)8-6-14(17)18;/h10,12-14,16-17,20,22H,3-9H2,1-2H3;/t12?,13?,14?,16?,17?,18-,19-;/m0./s1. The van der Waals surface area contributed by atoms with Gasteiger partial charge in [0.05, 0.1) is 12.2 Å². The smallest absolute Gasteiger partial charge is 0.159 e. The Hall–Kier alpha value is 0.772. The topological polar surface area (TPSA) is 57.5 Å². The SMILES string of the molecule is C[C@]12CCC3C(C(=O)C=C4CC(O)CC[C@@]43C)C1CCC2O.[Ac]. The van der Waals surface area contributed by atoms with Gasteiger partial charge in [-0.05, 0) is 73.7 Å². The molecule has 125 valence electrons. The third-order valence-electron chi connectivity index (χ3n) is 7.87. The van der Waals surface area contributed by atoms with Gasteiger partial charge in [-0.25, -0.2) is 0 Å². The van der Waals surface area contributed by atoms with Gasteiger partial charge in [0.25, 0.3) is 0 Å². The Morgan fingerprint density at radius 1 is 1.04 bits per heavy atom. The zero-order valence-electron chi connectivity index (χ0n) is 14.3. The molecule has 0 spiro atoms. The average Bonchev–Trinajstić information content (AvgIpc) is 2.77. The van der Waals surface area contributed by atoms with Crippen LogP contribution in [0, 0.1) is 72.6 Å². The van der Waals surface area contributed by atoms with Gasteiger partial charge in [0, 0.05) is 50.0 Å². The van der Waals surface area contributed by atoms with E-state index in [1.54, 1.807) is 0 Å². The van der Waals surface area contributed by atoms with Gasteiger partial charge in [-0.3, -0.25) is 4.79 Å². The first kappa shape index (κ1) is 18.6. The van der Waals surface area contributed by atoms with Crippen molar-refractivity contribution in [1.29, 1.82) is 0 Å². The van der Waals surface area contributed by atoms with Gasteiger partial charge in [0.1, 0.15) is 0 Å². The Kier molecular flexibility index (Phi) is 4.99. The first-order valence-corrected chi connectivity index (χ1v) is 8.97. The van der Waals surface area contributed by atoms with Gasteiger partial charge < -0.3 is 10.2 Å². The van der Waals surface area contributed by atoms with Crippen molar-refractivity contribution in [1.82, 2.24) is 0 Å². The van der Waals surface area contributed by atoms with Crippen LogP contribution in [-0.2, 0) is 4.79 Å². The number of hydrogen-bond acceptors (Lipinski definition) is 3. The molecule has 0 heterocycles. The van der Waals surface area contributed by atoms with Crippen molar-refractivity contribution in [2.75, 3.05) is 0 Å². The van der Waals surface area contributed by atoms with Crippen LogP contribution >= 0.6 is 0 Å². The second kappa shape index (κ2) is 6.19. The first-order chi connectivity index (χ1) is 10.4. The minimum Gasteiger partial charge on any atom is -0.393 e. The minimum absolute atomic E-state index is 0. The van der Waals surface area contributed by atoms with E-state index < -0.39 is 0 Å². The van der Waals surface area contributed by atoms with Crippen LogP contribution in [0.2, 0.25) is 0 Å². The van der Waals surface area contributed by atoms with Crippen LogP contribution in [0.3, 0.4) is 0 Å². The molecule has 3 nitrogen and oxygen atoms in total. The molecule has 23 heavy (non-hydrogen) atoms. The predicted octanol–water partition coefficient (Wildman–Crippen LogP) is 2.85. The van der Waals surface area contributed by atoms with Crippen LogP contribution < -0.4 is 0 Å². The Morgan fingerprint density at radius 3 is 2.52 bits per heavy atom. The van der Waals surface area contributed by atoms with Gasteiger partial charge in [0.15, 0.2) is 5.78 Å². The number of carbonyl (C=O) groups is 1. The summed E-state index contributed by atoms with van der Waals surface area (Å²) in [4.78, 5) is 12.9. The fraction of sp³-hybridized carbons (Fsp3) is 0.842. The van der Waals surface area contributed by atoms with Crippen LogP contribution in [0.4, 0.5) is 0 Å². The summed E-state index contributed by atoms with van der Waals surface area (Å²) < 4.78 is 0. The molecular weight excluding hydrogens is 503 g/mol. The molecule has 0 aliphatic heterocycles. The molecule has 4 aliphatic rings. The van der Waals surface area contributed by atoms with Crippen LogP contribution in [0.25, 0.3) is 0 Å². The van der Waals surface area contributed by atoms with Crippen molar-refractivity contribution >= 4 is 5.78 Å². The van der Waals surface area contributed by atoms with Crippen LogP contribution in [0.1, 0.15) is 58.8 Å². The molecule has 4 aliphatic carbocycles. The molecule has 4 rings (SSSR count). The van der Waals surface area contributed by atoms with E-state index in [0.717, 1.165) is 38.5 Å². The van der Waals surface area contributed by atoms with Gasteiger partial charge in [0.2, 0.25) is 0 Å². The van der Waals surface area contributed by atoms with Crippen LogP contribution in [-0.4, -0.2) is 28.2 Å². The Morgan fingerprint density at radius 2 is 1.78 bits per heavy atom. The van der Waals surface area contributed by atoms with Gasteiger partial charge >= 0.3 is 0 Å². The molecule has 0 amide bonds. The number of hydrogen-bond donors (Lipinski definition) is 2. The average molecular weight is 531 g/mol. The van der Waals surface area contributed by atoms with E-state index in [0.29, 0.717) is 18.3 Å². The van der Waals surface area contributed by atoms with Crippen molar-refractivity contribution in [2.45, 2.75) is 71.0 Å². The number of allylic oxidation sites excluding steroid dienone is 1. The van der Waals surface area contributed by atoms with Crippen LogP contribution in [0.5, 0.6) is 0 Å². The van der Waals surface area contributed by atoms with Crippen molar-refractivity contribution in [2.24, 2.45) is 28.6 Å².